The molecule has 112 valence electrons. The first-order valence-corrected chi connectivity index (χ1v) is 8.96. The Morgan fingerprint density at radius 1 is 1.48 bits per heavy atom. The second kappa shape index (κ2) is 6.68. The lowest BCUT2D eigenvalue weighted by Gasteiger charge is -2.35. The van der Waals surface area contributed by atoms with Crippen molar-refractivity contribution in [3.63, 3.8) is 0 Å². The molecule has 0 bridgehead atoms. The van der Waals surface area contributed by atoms with Crippen LogP contribution < -0.4 is 0 Å². The molecule has 0 saturated carbocycles. The first-order chi connectivity index (χ1) is 10.3. The van der Waals surface area contributed by atoms with Gasteiger partial charge in [-0.15, -0.1) is 11.3 Å². The summed E-state index contributed by atoms with van der Waals surface area (Å²) in [5.41, 5.74) is 1.08. The van der Waals surface area contributed by atoms with Gasteiger partial charge in [-0.1, -0.05) is 0 Å². The molecular formula is C15H18N2O2S2. The predicted octanol–water partition coefficient (Wildman–Crippen LogP) is 3.25. The summed E-state index contributed by atoms with van der Waals surface area (Å²) >= 11 is 3.09. The zero-order chi connectivity index (χ0) is 14.7. The van der Waals surface area contributed by atoms with Crippen LogP contribution in [0.2, 0.25) is 0 Å². The molecule has 0 aromatic carbocycles. The van der Waals surface area contributed by atoms with Crippen molar-refractivity contribution in [2.24, 2.45) is 0 Å². The van der Waals surface area contributed by atoms with E-state index in [4.69, 9.17) is 0 Å². The van der Waals surface area contributed by atoms with Gasteiger partial charge in [-0.05, 0) is 37.1 Å². The second-order valence-electron chi connectivity index (χ2n) is 5.20. The molecule has 3 rings (SSSR count). The molecule has 0 aliphatic carbocycles. The van der Waals surface area contributed by atoms with E-state index in [1.807, 2.05) is 21.7 Å². The number of likely N-dealkylation sites (tertiary alicyclic amines) is 1. The zero-order valence-electron chi connectivity index (χ0n) is 11.7. The van der Waals surface area contributed by atoms with E-state index in [1.54, 1.807) is 17.5 Å². The van der Waals surface area contributed by atoms with E-state index in [0.29, 0.717) is 11.3 Å². The minimum absolute atomic E-state index is 0.0622. The maximum atomic E-state index is 12.7. The summed E-state index contributed by atoms with van der Waals surface area (Å²) in [5.74, 6) is 0.0622. The molecule has 0 radical (unpaired) electrons. The summed E-state index contributed by atoms with van der Waals surface area (Å²) in [6.45, 7) is 0.923. The van der Waals surface area contributed by atoms with Gasteiger partial charge >= 0.3 is 0 Å². The number of piperidine rings is 1. The number of aliphatic hydroxyl groups excluding tert-OH is 1. The van der Waals surface area contributed by atoms with E-state index in [-0.39, 0.29) is 18.6 Å². The molecule has 1 atom stereocenters. The van der Waals surface area contributed by atoms with Crippen LogP contribution in [0.3, 0.4) is 0 Å². The number of thiophene rings is 1. The van der Waals surface area contributed by atoms with Gasteiger partial charge in [0.25, 0.3) is 5.91 Å². The summed E-state index contributed by atoms with van der Waals surface area (Å²) in [6.07, 6.45) is 5.52. The SMILES string of the molecule is O=C(c1cnc(-c2ccsc2)s1)N1CCCCC1CCO. The Hall–Kier alpha value is -1.24. The summed E-state index contributed by atoms with van der Waals surface area (Å²) < 4.78 is 0. The number of thiazole rings is 1. The first kappa shape index (κ1) is 14.7. The van der Waals surface area contributed by atoms with Crippen molar-refractivity contribution >= 4 is 28.6 Å². The molecule has 1 N–H and O–H groups in total. The van der Waals surface area contributed by atoms with Gasteiger partial charge in [0.05, 0.1) is 6.20 Å². The fourth-order valence-corrected chi connectivity index (χ4v) is 4.33. The van der Waals surface area contributed by atoms with Gasteiger partial charge in [-0.2, -0.15) is 11.3 Å². The van der Waals surface area contributed by atoms with Gasteiger partial charge in [-0.3, -0.25) is 4.79 Å². The molecule has 1 fully saturated rings. The monoisotopic (exact) mass is 322 g/mol. The Morgan fingerprint density at radius 3 is 3.14 bits per heavy atom. The lowest BCUT2D eigenvalue weighted by molar-refractivity contribution is 0.0579. The Kier molecular flexibility index (Phi) is 4.67. The number of rotatable bonds is 4. The Morgan fingerprint density at radius 2 is 2.38 bits per heavy atom. The highest BCUT2D eigenvalue weighted by Crippen LogP contribution is 2.29. The number of aliphatic hydroxyl groups is 1. The summed E-state index contributed by atoms with van der Waals surface area (Å²) in [6, 6.07) is 2.19. The number of hydrogen-bond acceptors (Lipinski definition) is 5. The highest BCUT2D eigenvalue weighted by molar-refractivity contribution is 7.17. The summed E-state index contributed by atoms with van der Waals surface area (Å²) in [4.78, 5) is 19.7. The van der Waals surface area contributed by atoms with Gasteiger partial charge in [0, 0.05) is 30.1 Å². The number of carbonyl (C=O) groups is 1. The second-order valence-corrected chi connectivity index (χ2v) is 7.01. The van der Waals surface area contributed by atoms with Crippen LogP contribution in [-0.2, 0) is 0 Å². The lowest BCUT2D eigenvalue weighted by Crippen LogP contribution is -2.43. The van der Waals surface area contributed by atoms with E-state index in [2.05, 4.69) is 4.98 Å². The van der Waals surface area contributed by atoms with Crippen LogP contribution in [0.15, 0.2) is 23.0 Å². The number of hydrogen-bond donors (Lipinski definition) is 1. The third-order valence-electron chi connectivity index (χ3n) is 3.83. The van der Waals surface area contributed by atoms with E-state index < -0.39 is 0 Å². The van der Waals surface area contributed by atoms with Crippen molar-refractivity contribution in [3.8, 4) is 10.6 Å². The lowest BCUT2D eigenvalue weighted by atomic mass is 9.99. The molecule has 4 nitrogen and oxygen atoms in total. The highest BCUT2D eigenvalue weighted by atomic mass is 32.1. The molecule has 6 heteroatoms. The van der Waals surface area contributed by atoms with Crippen molar-refractivity contribution in [1.29, 1.82) is 0 Å². The molecule has 21 heavy (non-hydrogen) atoms. The third-order valence-corrected chi connectivity index (χ3v) is 5.55. The van der Waals surface area contributed by atoms with Gasteiger partial charge in [0.15, 0.2) is 0 Å². The van der Waals surface area contributed by atoms with Gasteiger partial charge < -0.3 is 10.0 Å². The molecule has 1 unspecified atom stereocenters. The fraction of sp³-hybridized carbons (Fsp3) is 0.467. The molecule has 3 heterocycles. The number of aromatic nitrogens is 1. The smallest absolute Gasteiger partial charge is 0.265 e. The van der Waals surface area contributed by atoms with Crippen LogP contribution in [0.5, 0.6) is 0 Å². The largest absolute Gasteiger partial charge is 0.396 e. The standard InChI is InChI=1S/C15H18N2O2S2/c18-7-4-12-3-1-2-6-17(12)15(19)13-9-16-14(21-13)11-5-8-20-10-11/h5,8-10,12,18H,1-4,6-7H2. The van der Waals surface area contributed by atoms with E-state index >= 15 is 0 Å². The molecular weight excluding hydrogens is 304 g/mol. The topological polar surface area (TPSA) is 53.4 Å². The molecule has 1 amide bonds. The molecule has 1 saturated heterocycles. The Balaban J connectivity index is 1.77. The molecule has 1 aliphatic rings. The average Bonchev–Trinajstić information content (AvgIpc) is 3.18. The van der Waals surface area contributed by atoms with Crippen LogP contribution >= 0.6 is 22.7 Å². The van der Waals surface area contributed by atoms with Gasteiger partial charge in [-0.25, -0.2) is 4.98 Å². The quantitative estimate of drug-likeness (QED) is 0.940. The van der Waals surface area contributed by atoms with Crippen molar-refractivity contribution in [2.45, 2.75) is 31.7 Å². The summed E-state index contributed by atoms with van der Waals surface area (Å²) in [5, 5.41) is 14.1. The van der Waals surface area contributed by atoms with Crippen molar-refractivity contribution < 1.29 is 9.90 Å². The molecule has 0 spiro atoms. The average molecular weight is 322 g/mol. The van der Waals surface area contributed by atoms with Crippen LogP contribution in [0.1, 0.15) is 35.4 Å². The predicted molar refractivity (Wildman–Crippen MR) is 85.8 cm³/mol. The fourth-order valence-electron chi connectivity index (χ4n) is 2.75. The maximum absolute atomic E-state index is 12.7. The molecule has 2 aromatic rings. The number of amides is 1. The van der Waals surface area contributed by atoms with Crippen molar-refractivity contribution in [1.82, 2.24) is 9.88 Å². The van der Waals surface area contributed by atoms with E-state index in [0.717, 1.165) is 36.4 Å². The number of nitrogens with zero attached hydrogens (tertiary/aromatic N) is 2. The number of carbonyl (C=O) groups excluding carboxylic acids is 1. The van der Waals surface area contributed by atoms with Gasteiger partial charge in [0.1, 0.15) is 9.88 Å². The molecule has 1 aliphatic heterocycles. The van der Waals surface area contributed by atoms with Crippen LogP contribution in [-0.4, -0.2) is 40.1 Å². The third kappa shape index (κ3) is 3.17. The normalized spacial score (nSPS) is 18.9. The van der Waals surface area contributed by atoms with Crippen LogP contribution in [0.4, 0.5) is 0 Å². The zero-order valence-corrected chi connectivity index (χ0v) is 13.3. The van der Waals surface area contributed by atoms with Crippen LogP contribution in [0.25, 0.3) is 10.6 Å². The Bertz CT molecular complexity index is 593. The molecule has 2 aromatic heterocycles. The van der Waals surface area contributed by atoms with Crippen molar-refractivity contribution in [2.75, 3.05) is 13.2 Å². The van der Waals surface area contributed by atoms with Crippen LogP contribution in [0, 0.1) is 0 Å². The van der Waals surface area contributed by atoms with E-state index in [9.17, 15) is 9.90 Å². The highest BCUT2D eigenvalue weighted by Gasteiger charge is 2.28. The van der Waals surface area contributed by atoms with Crippen molar-refractivity contribution in [3.05, 3.63) is 27.9 Å². The first-order valence-electron chi connectivity index (χ1n) is 7.20. The minimum atomic E-state index is 0.0622. The maximum Gasteiger partial charge on any atom is 0.265 e. The summed E-state index contributed by atoms with van der Waals surface area (Å²) in [7, 11) is 0. The van der Waals surface area contributed by atoms with Gasteiger partial charge in [0.2, 0.25) is 0 Å². The van der Waals surface area contributed by atoms with E-state index in [1.165, 1.54) is 11.3 Å². The Labute approximate surface area is 132 Å². The minimum Gasteiger partial charge on any atom is -0.396 e.